The Balaban J connectivity index is 1.62. The van der Waals surface area contributed by atoms with Crippen LogP contribution in [0.1, 0.15) is 19.8 Å². The molecule has 1 atom stereocenters. The largest absolute Gasteiger partial charge is 0.341 e. The summed E-state index contributed by atoms with van der Waals surface area (Å²) in [4.78, 5) is 35.7. The van der Waals surface area contributed by atoms with Gasteiger partial charge in [0.05, 0.1) is 24.1 Å². The molecule has 1 fully saturated rings. The summed E-state index contributed by atoms with van der Waals surface area (Å²) in [6, 6.07) is 2.65. The number of likely N-dealkylation sites (tertiary alicyclic amines) is 1. The maximum atomic E-state index is 13.3. The zero-order valence-electron chi connectivity index (χ0n) is 15.7. The molecule has 0 saturated carbocycles. The van der Waals surface area contributed by atoms with Crippen LogP contribution in [0.2, 0.25) is 0 Å². The third-order valence-corrected chi connectivity index (χ3v) is 4.73. The van der Waals surface area contributed by atoms with E-state index in [2.05, 4.69) is 15.3 Å². The van der Waals surface area contributed by atoms with Crippen molar-refractivity contribution < 1.29 is 18.4 Å². The number of hydrogen-bond acceptors (Lipinski definition) is 4. The highest BCUT2D eigenvalue weighted by Crippen LogP contribution is 2.20. The van der Waals surface area contributed by atoms with Gasteiger partial charge < -0.3 is 9.80 Å². The van der Waals surface area contributed by atoms with Gasteiger partial charge in [-0.15, -0.1) is 0 Å². The maximum Gasteiger partial charge on any atom is 0.323 e. The lowest BCUT2D eigenvalue weighted by Crippen LogP contribution is -2.42. The fourth-order valence-electron chi connectivity index (χ4n) is 3.12. The molecular weight excluding hydrogens is 368 g/mol. The highest BCUT2D eigenvalue weighted by Gasteiger charge is 2.30. The van der Waals surface area contributed by atoms with Gasteiger partial charge in [0.15, 0.2) is 5.82 Å². The number of likely N-dealkylation sites (N-methyl/N-ethyl adjacent to an activating group) is 1. The first-order valence-electron chi connectivity index (χ1n) is 8.97. The molecule has 0 aliphatic carbocycles. The second-order valence-corrected chi connectivity index (χ2v) is 6.62. The predicted molar refractivity (Wildman–Crippen MR) is 99.4 cm³/mol. The fourth-order valence-corrected chi connectivity index (χ4v) is 3.12. The minimum Gasteiger partial charge on any atom is -0.341 e. The summed E-state index contributed by atoms with van der Waals surface area (Å²) in [5.41, 5.74) is 0.542. The number of nitrogens with zero attached hydrogens (tertiary/aromatic N) is 4. The average Bonchev–Trinajstić information content (AvgIpc) is 3.16. The number of anilines is 1. The van der Waals surface area contributed by atoms with Crippen molar-refractivity contribution in [2.75, 3.05) is 25.5 Å². The van der Waals surface area contributed by atoms with E-state index in [0.717, 1.165) is 18.2 Å². The van der Waals surface area contributed by atoms with Gasteiger partial charge in [0.2, 0.25) is 5.91 Å². The van der Waals surface area contributed by atoms with Crippen LogP contribution < -0.4 is 5.32 Å². The number of aromatic nitrogens is 2. The summed E-state index contributed by atoms with van der Waals surface area (Å²) in [7, 11) is 1.66. The molecule has 1 aromatic heterocycles. The highest BCUT2D eigenvalue weighted by molar-refractivity contribution is 5.88. The third-order valence-electron chi connectivity index (χ3n) is 4.73. The second-order valence-electron chi connectivity index (χ2n) is 6.62. The quantitative estimate of drug-likeness (QED) is 0.872. The van der Waals surface area contributed by atoms with Crippen LogP contribution in [0.5, 0.6) is 0 Å². The zero-order chi connectivity index (χ0) is 20.3. The van der Waals surface area contributed by atoms with Gasteiger partial charge in [0.1, 0.15) is 11.6 Å². The third kappa shape index (κ3) is 4.41. The summed E-state index contributed by atoms with van der Waals surface area (Å²) in [6.07, 6.45) is 3.82. The molecule has 2 heterocycles. The van der Waals surface area contributed by atoms with Gasteiger partial charge in [-0.2, -0.15) is 0 Å². The minimum atomic E-state index is -0.706. The van der Waals surface area contributed by atoms with E-state index in [-0.39, 0.29) is 35.1 Å². The van der Waals surface area contributed by atoms with Crippen molar-refractivity contribution in [3.8, 4) is 11.3 Å². The number of hydrogen-bond donors (Lipinski definition) is 1. The van der Waals surface area contributed by atoms with E-state index in [9.17, 15) is 18.4 Å². The molecule has 3 rings (SSSR count). The van der Waals surface area contributed by atoms with Gasteiger partial charge in [-0.1, -0.05) is 6.92 Å². The van der Waals surface area contributed by atoms with E-state index >= 15 is 0 Å². The Morgan fingerprint density at radius 3 is 2.54 bits per heavy atom. The number of halogens is 2. The Bertz CT molecular complexity index is 855. The van der Waals surface area contributed by atoms with E-state index in [0.29, 0.717) is 25.9 Å². The van der Waals surface area contributed by atoms with Crippen molar-refractivity contribution in [2.24, 2.45) is 0 Å². The van der Waals surface area contributed by atoms with Gasteiger partial charge in [-0.05, 0) is 18.6 Å². The lowest BCUT2D eigenvalue weighted by atomic mass is 10.1. The molecule has 1 aliphatic rings. The summed E-state index contributed by atoms with van der Waals surface area (Å²) in [5.74, 6) is -1.12. The van der Waals surface area contributed by atoms with Crippen molar-refractivity contribution in [2.45, 2.75) is 25.8 Å². The molecule has 7 nitrogen and oxygen atoms in total. The van der Waals surface area contributed by atoms with Crippen LogP contribution in [0, 0.1) is 11.6 Å². The summed E-state index contributed by atoms with van der Waals surface area (Å²) in [6.45, 7) is 2.95. The monoisotopic (exact) mass is 389 g/mol. The van der Waals surface area contributed by atoms with Crippen molar-refractivity contribution in [3.63, 3.8) is 0 Å². The topological polar surface area (TPSA) is 78.4 Å². The molecule has 3 amide bonds. The number of carbonyl (C=O) groups excluding carboxylic acids is 2. The zero-order valence-corrected chi connectivity index (χ0v) is 15.7. The summed E-state index contributed by atoms with van der Waals surface area (Å²) < 4.78 is 26.7. The Morgan fingerprint density at radius 2 is 1.93 bits per heavy atom. The first-order chi connectivity index (χ1) is 13.4. The van der Waals surface area contributed by atoms with Crippen LogP contribution >= 0.6 is 0 Å². The number of benzene rings is 1. The average molecular weight is 389 g/mol. The van der Waals surface area contributed by atoms with E-state index in [1.807, 2.05) is 6.92 Å². The normalized spacial score (nSPS) is 16.1. The van der Waals surface area contributed by atoms with E-state index in [4.69, 9.17) is 0 Å². The first kappa shape index (κ1) is 19.7. The molecule has 2 aromatic rings. The fraction of sp³-hybridized carbons (Fsp3) is 0.368. The van der Waals surface area contributed by atoms with Crippen LogP contribution in [0.15, 0.2) is 30.6 Å². The Labute approximate surface area is 161 Å². The van der Waals surface area contributed by atoms with Crippen LogP contribution in [-0.4, -0.2) is 57.9 Å². The van der Waals surface area contributed by atoms with Crippen LogP contribution in [-0.2, 0) is 4.79 Å². The number of rotatable bonds is 4. The molecule has 1 aliphatic heterocycles. The molecule has 0 radical (unpaired) electrons. The summed E-state index contributed by atoms with van der Waals surface area (Å²) in [5, 5.41) is 2.64. The van der Waals surface area contributed by atoms with Gasteiger partial charge in [-0.25, -0.2) is 18.6 Å². The second kappa shape index (κ2) is 8.28. The maximum absolute atomic E-state index is 13.3. The van der Waals surface area contributed by atoms with Crippen LogP contribution in [0.4, 0.5) is 19.4 Å². The molecule has 1 aromatic carbocycles. The summed E-state index contributed by atoms with van der Waals surface area (Å²) >= 11 is 0. The molecule has 1 saturated heterocycles. The first-order valence-corrected chi connectivity index (χ1v) is 8.97. The lowest BCUT2D eigenvalue weighted by molar-refractivity contribution is -0.129. The molecule has 28 heavy (non-hydrogen) atoms. The molecule has 0 unspecified atom stereocenters. The number of nitrogens with one attached hydrogen (secondary N) is 1. The highest BCUT2D eigenvalue weighted by atomic mass is 19.1. The number of carbonyl (C=O) groups is 2. The molecule has 9 heteroatoms. The molecular formula is C19H21F2N5O2. The van der Waals surface area contributed by atoms with Crippen molar-refractivity contribution in [1.82, 2.24) is 19.8 Å². The Morgan fingerprint density at radius 1 is 1.21 bits per heavy atom. The standard InChI is InChI=1S/C19H21F2N5O2/c1-3-18(27)26-5-4-15(11-26)25(2)19(28)24-17-10-22-16(9-23-17)12-6-13(20)8-14(21)7-12/h6-10,15H,3-5,11H2,1-2H3,(H,23,24,28)/t15-/m0/s1. The van der Waals surface area contributed by atoms with Crippen molar-refractivity contribution in [3.05, 3.63) is 42.2 Å². The molecule has 1 N–H and O–H groups in total. The van der Waals surface area contributed by atoms with Gasteiger partial charge >= 0.3 is 6.03 Å². The molecule has 148 valence electrons. The molecule has 0 bridgehead atoms. The number of urea groups is 1. The van der Waals surface area contributed by atoms with Gasteiger partial charge in [0.25, 0.3) is 0 Å². The van der Waals surface area contributed by atoms with Crippen LogP contribution in [0.25, 0.3) is 11.3 Å². The van der Waals surface area contributed by atoms with Crippen molar-refractivity contribution >= 4 is 17.8 Å². The van der Waals surface area contributed by atoms with E-state index < -0.39 is 11.6 Å². The van der Waals surface area contributed by atoms with Crippen molar-refractivity contribution in [1.29, 1.82) is 0 Å². The number of amides is 3. The van der Waals surface area contributed by atoms with Gasteiger partial charge in [-0.3, -0.25) is 15.1 Å². The Kier molecular flexibility index (Phi) is 5.81. The smallest absolute Gasteiger partial charge is 0.323 e. The minimum absolute atomic E-state index is 0.0713. The van der Waals surface area contributed by atoms with E-state index in [1.165, 1.54) is 12.4 Å². The SMILES string of the molecule is CCC(=O)N1CC[C@H](N(C)C(=O)Nc2cnc(-c3cc(F)cc(F)c3)cn2)C1. The van der Waals surface area contributed by atoms with E-state index in [1.54, 1.807) is 16.8 Å². The van der Waals surface area contributed by atoms with Gasteiger partial charge in [0, 0.05) is 38.2 Å². The lowest BCUT2D eigenvalue weighted by Gasteiger charge is -2.24. The van der Waals surface area contributed by atoms with Crippen LogP contribution in [0.3, 0.4) is 0 Å². The Hall–Kier alpha value is -3.10. The molecule has 0 spiro atoms. The predicted octanol–water partition coefficient (Wildman–Crippen LogP) is 2.90.